The van der Waals surface area contributed by atoms with E-state index >= 15 is 0 Å². The second-order valence-corrected chi connectivity index (χ2v) is 6.59. The summed E-state index contributed by atoms with van der Waals surface area (Å²) in [6.45, 7) is 0.149. The molecule has 0 spiro atoms. The number of carbonyl (C=O) groups excluding carboxylic acids is 2. The first-order valence-corrected chi connectivity index (χ1v) is 9.10. The zero-order valence-electron chi connectivity index (χ0n) is 15.1. The molecule has 1 aliphatic rings. The molecule has 0 atom stereocenters. The van der Waals surface area contributed by atoms with Gasteiger partial charge in [-0.2, -0.15) is 0 Å². The van der Waals surface area contributed by atoms with Crippen molar-refractivity contribution in [3.8, 4) is 5.75 Å². The average molecular weight is 352 g/mol. The molecule has 2 aromatic rings. The Balaban J connectivity index is 1.50. The van der Waals surface area contributed by atoms with Gasteiger partial charge >= 0.3 is 5.97 Å². The third-order valence-electron chi connectivity index (χ3n) is 4.81. The molecule has 0 aliphatic heterocycles. The SMILES string of the molecule is COc1ccccc1COC(=O)CCC(=O)c1ccc2c(c1)CCCC2. The van der Waals surface area contributed by atoms with E-state index in [1.54, 1.807) is 7.11 Å². The van der Waals surface area contributed by atoms with Crippen LogP contribution in [0.4, 0.5) is 0 Å². The summed E-state index contributed by atoms with van der Waals surface area (Å²) in [6.07, 6.45) is 4.79. The van der Waals surface area contributed by atoms with Crippen LogP contribution in [0.3, 0.4) is 0 Å². The van der Waals surface area contributed by atoms with Crippen LogP contribution in [0.1, 0.15) is 52.7 Å². The molecule has 0 heterocycles. The molecule has 4 nitrogen and oxygen atoms in total. The van der Waals surface area contributed by atoms with Crippen molar-refractivity contribution in [2.24, 2.45) is 0 Å². The van der Waals surface area contributed by atoms with Crippen molar-refractivity contribution in [1.82, 2.24) is 0 Å². The lowest BCUT2D eigenvalue weighted by Gasteiger charge is -2.16. The van der Waals surface area contributed by atoms with Crippen molar-refractivity contribution in [2.75, 3.05) is 7.11 Å². The van der Waals surface area contributed by atoms with Gasteiger partial charge in [-0.3, -0.25) is 9.59 Å². The van der Waals surface area contributed by atoms with E-state index in [1.807, 2.05) is 36.4 Å². The molecular weight excluding hydrogens is 328 g/mol. The van der Waals surface area contributed by atoms with Gasteiger partial charge in [0, 0.05) is 17.5 Å². The number of para-hydroxylation sites is 1. The summed E-state index contributed by atoms with van der Waals surface area (Å²) in [7, 11) is 1.58. The van der Waals surface area contributed by atoms with Crippen LogP contribution >= 0.6 is 0 Å². The Kier molecular flexibility index (Phi) is 6.05. The Morgan fingerprint density at radius 3 is 2.54 bits per heavy atom. The number of aryl methyl sites for hydroxylation is 2. The van der Waals surface area contributed by atoms with E-state index in [1.165, 1.54) is 24.0 Å². The number of methoxy groups -OCH3 is 1. The number of ketones is 1. The lowest BCUT2D eigenvalue weighted by atomic mass is 9.89. The molecule has 0 saturated heterocycles. The fourth-order valence-electron chi connectivity index (χ4n) is 3.32. The number of carbonyl (C=O) groups is 2. The van der Waals surface area contributed by atoms with Gasteiger partial charge in [0.2, 0.25) is 0 Å². The summed E-state index contributed by atoms with van der Waals surface area (Å²) in [5.74, 6) is 0.306. The summed E-state index contributed by atoms with van der Waals surface area (Å²) in [5.41, 5.74) is 4.14. The highest BCUT2D eigenvalue weighted by Gasteiger charge is 2.15. The van der Waals surface area contributed by atoms with Crippen LogP contribution in [0.25, 0.3) is 0 Å². The van der Waals surface area contributed by atoms with Gasteiger partial charge in [0.25, 0.3) is 0 Å². The van der Waals surface area contributed by atoms with Gasteiger partial charge in [-0.25, -0.2) is 0 Å². The Morgan fingerprint density at radius 1 is 0.962 bits per heavy atom. The maximum absolute atomic E-state index is 12.4. The lowest BCUT2D eigenvalue weighted by molar-refractivity contribution is -0.144. The molecule has 1 aliphatic carbocycles. The first-order valence-electron chi connectivity index (χ1n) is 9.10. The summed E-state index contributed by atoms with van der Waals surface area (Å²) < 4.78 is 10.5. The van der Waals surface area contributed by atoms with Crippen LogP contribution in [0.2, 0.25) is 0 Å². The number of ether oxygens (including phenoxy) is 2. The van der Waals surface area contributed by atoms with Gasteiger partial charge in [0.05, 0.1) is 13.5 Å². The maximum atomic E-state index is 12.4. The minimum atomic E-state index is -0.373. The van der Waals surface area contributed by atoms with Crippen molar-refractivity contribution in [2.45, 2.75) is 45.1 Å². The number of Topliss-reactive ketones (excluding diaryl/α,β-unsaturated/α-hetero) is 1. The lowest BCUT2D eigenvalue weighted by Crippen LogP contribution is -2.10. The number of benzene rings is 2. The molecule has 2 aromatic carbocycles. The minimum Gasteiger partial charge on any atom is -0.496 e. The van der Waals surface area contributed by atoms with Crippen LogP contribution in [0.15, 0.2) is 42.5 Å². The zero-order valence-corrected chi connectivity index (χ0v) is 15.1. The van der Waals surface area contributed by atoms with E-state index in [0.717, 1.165) is 18.4 Å². The molecule has 0 amide bonds. The largest absolute Gasteiger partial charge is 0.496 e. The third-order valence-corrected chi connectivity index (χ3v) is 4.81. The van der Waals surface area contributed by atoms with Crippen molar-refractivity contribution in [3.05, 3.63) is 64.7 Å². The van der Waals surface area contributed by atoms with Crippen molar-refractivity contribution in [3.63, 3.8) is 0 Å². The predicted molar refractivity (Wildman–Crippen MR) is 99.4 cm³/mol. The molecule has 136 valence electrons. The van der Waals surface area contributed by atoms with Gasteiger partial charge in [0.1, 0.15) is 12.4 Å². The van der Waals surface area contributed by atoms with Gasteiger partial charge < -0.3 is 9.47 Å². The van der Waals surface area contributed by atoms with Crippen LogP contribution in [-0.2, 0) is 29.0 Å². The number of rotatable bonds is 7. The quantitative estimate of drug-likeness (QED) is 0.551. The van der Waals surface area contributed by atoms with E-state index in [2.05, 4.69) is 6.07 Å². The van der Waals surface area contributed by atoms with Crippen molar-refractivity contribution in [1.29, 1.82) is 0 Å². The molecule has 0 saturated carbocycles. The molecule has 0 N–H and O–H groups in total. The summed E-state index contributed by atoms with van der Waals surface area (Å²) in [6, 6.07) is 13.3. The van der Waals surface area contributed by atoms with E-state index in [-0.39, 0.29) is 31.2 Å². The molecule has 0 bridgehead atoms. The van der Waals surface area contributed by atoms with Crippen LogP contribution in [-0.4, -0.2) is 18.9 Å². The summed E-state index contributed by atoms with van der Waals surface area (Å²) >= 11 is 0. The maximum Gasteiger partial charge on any atom is 0.306 e. The third kappa shape index (κ3) is 4.51. The molecule has 0 radical (unpaired) electrons. The fraction of sp³-hybridized carbons (Fsp3) is 0.364. The zero-order chi connectivity index (χ0) is 18.4. The first kappa shape index (κ1) is 18.2. The first-order chi connectivity index (χ1) is 12.7. The highest BCUT2D eigenvalue weighted by Crippen LogP contribution is 2.23. The molecule has 0 unspecified atom stereocenters. The molecule has 0 aromatic heterocycles. The monoisotopic (exact) mass is 352 g/mol. The Hall–Kier alpha value is -2.62. The minimum absolute atomic E-state index is 0.00684. The normalized spacial score (nSPS) is 13.0. The van der Waals surface area contributed by atoms with Crippen LogP contribution < -0.4 is 4.74 Å². The molecule has 26 heavy (non-hydrogen) atoms. The highest BCUT2D eigenvalue weighted by atomic mass is 16.5. The topological polar surface area (TPSA) is 52.6 Å². The van der Waals surface area contributed by atoms with Gasteiger partial charge in [-0.1, -0.05) is 30.3 Å². The molecule has 0 fully saturated rings. The second-order valence-electron chi connectivity index (χ2n) is 6.59. The predicted octanol–water partition coefficient (Wildman–Crippen LogP) is 4.28. The Bertz CT molecular complexity index is 794. The fourth-order valence-corrected chi connectivity index (χ4v) is 3.32. The van der Waals surface area contributed by atoms with Gasteiger partial charge in [-0.15, -0.1) is 0 Å². The number of hydrogen-bond donors (Lipinski definition) is 0. The number of esters is 1. The molecule has 3 rings (SSSR count). The smallest absolute Gasteiger partial charge is 0.306 e. The van der Waals surface area contributed by atoms with E-state index in [4.69, 9.17) is 9.47 Å². The second kappa shape index (κ2) is 8.65. The standard InChI is InChI=1S/C22H24O4/c1-25-21-9-5-4-8-19(21)15-26-22(24)13-12-20(23)18-11-10-16-6-2-3-7-17(16)14-18/h4-5,8-11,14H,2-3,6-7,12-13,15H2,1H3. The summed E-state index contributed by atoms with van der Waals surface area (Å²) in [4.78, 5) is 24.4. The highest BCUT2D eigenvalue weighted by molar-refractivity contribution is 5.97. The summed E-state index contributed by atoms with van der Waals surface area (Å²) in [5, 5.41) is 0. The number of hydrogen-bond acceptors (Lipinski definition) is 4. The average Bonchev–Trinajstić information content (AvgIpc) is 2.70. The van der Waals surface area contributed by atoms with Gasteiger partial charge in [0.15, 0.2) is 5.78 Å². The van der Waals surface area contributed by atoms with E-state index in [0.29, 0.717) is 11.3 Å². The van der Waals surface area contributed by atoms with Crippen LogP contribution in [0, 0.1) is 0 Å². The molecular formula is C22H24O4. The number of fused-ring (bicyclic) bond motifs is 1. The van der Waals surface area contributed by atoms with E-state index in [9.17, 15) is 9.59 Å². The molecule has 4 heteroatoms. The Labute approximate surface area is 154 Å². The van der Waals surface area contributed by atoms with E-state index < -0.39 is 0 Å². The van der Waals surface area contributed by atoms with Crippen molar-refractivity contribution >= 4 is 11.8 Å². The van der Waals surface area contributed by atoms with Crippen molar-refractivity contribution < 1.29 is 19.1 Å². The van der Waals surface area contributed by atoms with Gasteiger partial charge in [-0.05, 0) is 48.9 Å². The Morgan fingerprint density at radius 2 is 1.73 bits per heavy atom. The van der Waals surface area contributed by atoms with Crippen LogP contribution in [0.5, 0.6) is 5.75 Å².